The Hall–Kier alpha value is -2.64. The van der Waals surface area contributed by atoms with Crippen LogP contribution >= 0.6 is 0 Å². The van der Waals surface area contributed by atoms with E-state index >= 15 is 4.39 Å². The lowest BCUT2D eigenvalue weighted by Gasteiger charge is -2.36. The molecular weight excluding hydrogens is 345 g/mol. The molecule has 0 bridgehead atoms. The number of fused-ring (bicyclic) bond motifs is 1. The van der Waals surface area contributed by atoms with Crippen molar-refractivity contribution < 1.29 is 9.13 Å². The number of nitrogens with two attached hydrogens (primary N) is 1. The van der Waals surface area contributed by atoms with Crippen LogP contribution in [0.2, 0.25) is 0 Å². The molecule has 0 spiro atoms. The summed E-state index contributed by atoms with van der Waals surface area (Å²) < 4.78 is 21.0. The van der Waals surface area contributed by atoms with E-state index in [1.807, 2.05) is 19.9 Å². The molecule has 3 aromatic rings. The van der Waals surface area contributed by atoms with Gasteiger partial charge in [0.25, 0.3) is 0 Å². The Morgan fingerprint density at radius 1 is 1.19 bits per heavy atom. The van der Waals surface area contributed by atoms with Crippen molar-refractivity contribution in [2.45, 2.75) is 32.6 Å². The Labute approximate surface area is 157 Å². The van der Waals surface area contributed by atoms with Crippen molar-refractivity contribution in [2.24, 2.45) is 5.73 Å². The third kappa shape index (κ3) is 3.48. The highest BCUT2D eigenvalue weighted by molar-refractivity contribution is 5.87. The molecule has 140 valence electrons. The lowest BCUT2D eigenvalue weighted by molar-refractivity contribution is -0.00547. The average Bonchev–Trinajstić information content (AvgIpc) is 2.67. The van der Waals surface area contributed by atoms with Gasteiger partial charge in [-0.2, -0.15) is 0 Å². The van der Waals surface area contributed by atoms with E-state index in [2.05, 4.69) is 19.9 Å². The van der Waals surface area contributed by atoms with Gasteiger partial charge in [0.15, 0.2) is 0 Å². The number of ether oxygens (including phenoxy) is 1. The molecule has 1 aliphatic rings. The first kappa shape index (κ1) is 17.8. The van der Waals surface area contributed by atoms with Gasteiger partial charge in [0, 0.05) is 42.2 Å². The van der Waals surface area contributed by atoms with Gasteiger partial charge in [0.1, 0.15) is 11.6 Å². The molecule has 0 saturated carbocycles. The number of morpholine rings is 1. The second-order valence-electron chi connectivity index (χ2n) is 6.95. The highest BCUT2D eigenvalue weighted by Crippen LogP contribution is 2.29. The van der Waals surface area contributed by atoms with Crippen molar-refractivity contribution in [3.8, 4) is 11.3 Å². The molecule has 2 aromatic heterocycles. The molecule has 6 nitrogen and oxygen atoms in total. The molecule has 3 heterocycles. The van der Waals surface area contributed by atoms with Gasteiger partial charge in [0.2, 0.25) is 0 Å². The maximum absolute atomic E-state index is 15.2. The van der Waals surface area contributed by atoms with Crippen molar-refractivity contribution >= 4 is 16.6 Å². The minimum Gasteiger partial charge on any atom is -0.372 e. The fourth-order valence-corrected chi connectivity index (χ4v) is 3.54. The number of aromatic nitrogens is 3. The monoisotopic (exact) mass is 367 g/mol. The Balaban J connectivity index is 1.74. The highest BCUT2D eigenvalue weighted by Gasteiger charge is 2.24. The van der Waals surface area contributed by atoms with Crippen LogP contribution < -0.4 is 10.6 Å². The summed E-state index contributed by atoms with van der Waals surface area (Å²) in [7, 11) is 0. The van der Waals surface area contributed by atoms with Crippen molar-refractivity contribution in [1.82, 2.24) is 15.0 Å². The van der Waals surface area contributed by atoms with Crippen LogP contribution in [-0.2, 0) is 11.3 Å². The number of nitrogens with zero attached hydrogens (tertiary/aromatic N) is 4. The lowest BCUT2D eigenvalue weighted by atomic mass is 10.0. The quantitative estimate of drug-likeness (QED) is 0.767. The predicted octanol–water partition coefficient (Wildman–Crippen LogP) is 2.90. The molecule has 27 heavy (non-hydrogen) atoms. The first-order valence-corrected chi connectivity index (χ1v) is 9.05. The summed E-state index contributed by atoms with van der Waals surface area (Å²) >= 11 is 0. The number of hydrogen-bond acceptors (Lipinski definition) is 6. The van der Waals surface area contributed by atoms with E-state index in [1.165, 1.54) is 0 Å². The molecule has 1 fully saturated rings. The van der Waals surface area contributed by atoms with Gasteiger partial charge in [0.05, 0.1) is 36.0 Å². The summed E-state index contributed by atoms with van der Waals surface area (Å²) in [5, 5.41) is 1.22. The molecule has 1 saturated heterocycles. The summed E-state index contributed by atoms with van der Waals surface area (Å²) in [5.74, 6) is 0.395. The van der Waals surface area contributed by atoms with Crippen molar-refractivity contribution in [3.63, 3.8) is 0 Å². The third-order valence-electron chi connectivity index (χ3n) is 4.74. The molecule has 0 aliphatic carbocycles. The minimum atomic E-state index is -0.334. The van der Waals surface area contributed by atoms with Crippen LogP contribution in [0.3, 0.4) is 0 Å². The first-order chi connectivity index (χ1) is 13.0. The molecule has 4 rings (SSSR count). The topological polar surface area (TPSA) is 77.2 Å². The largest absolute Gasteiger partial charge is 0.372 e. The van der Waals surface area contributed by atoms with E-state index in [0.717, 1.165) is 24.3 Å². The first-order valence-electron chi connectivity index (χ1n) is 9.05. The van der Waals surface area contributed by atoms with Crippen LogP contribution in [-0.4, -0.2) is 40.2 Å². The maximum atomic E-state index is 15.2. The molecule has 0 unspecified atom stereocenters. The van der Waals surface area contributed by atoms with Crippen LogP contribution in [0.15, 0.2) is 36.8 Å². The molecule has 1 aliphatic heterocycles. The fraction of sp³-hybridized carbons (Fsp3) is 0.350. The molecule has 0 amide bonds. The lowest BCUT2D eigenvalue weighted by Crippen LogP contribution is -2.45. The van der Waals surface area contributed by atoms with E-state index in [0.29, 0.717) is 22.3 Å². The second kappa shape index (κ2) is 7.17. The van der Waals surface area contributed by atoms with Crippen LogP contribution in [0.25, 0.3) is 22.0 Å². The zero-order valence-corrected chi connectivity index (χ0v) is 15.4. The normalized spacial score (nSPS) is 20.2. The zero-order valence-electron chi connectivity index (χ0n) is 15.4. The smallest absolute Gasteiger partial charge is 0.147 e. The van der Waals surface area contributed by atoms with E-state index in [1.54, 1.807) is 30.7 Å². The molecule has 0 radical (unpaired) electrons. The van der Waals surface area contributed by atoms with E-state index in [9.17, 15) is 0 Å². The second-order valence-corrected chi connectivity index (χ2v) is 6.95. The summed E-state index contributed by atoms with van der Waals surface area (Å²) in [6.07, 6.45) is 5.16. The number of benzene rings is 1. The standard InChI is InChI=1S/C20H22FN5O/c1-12-10-26(11-13(2)27-12)19-9-23-8-18(25-19)16-4-3-14-7-24-15(6-22)5-17(14)20(16)21/h3-5,7-9,12-13H,6,10-11,22H2,1-2H3/t12-,13+. The van der Waals surface area contributed by atoms with Crippen LogP contribution in [0.4, 0.5) is 10.2 Å². The van der Waals surface area contributed by atoms with Gasteiger partial charge in [-0.05, 0) is 26.0 Å². The van der Waals surface area contributed by atoms with Crippen molar-refractivity contribution in [3.05, 3.63) is 48.3 Å². The number of pyridine rings is 1. The predicted molar refractivity (Wildman–Crippen MR) is 103 cm³/mol. The Morgan fingerprint density at radius 3 is 2.70 bits per heavy atom. The summed E-state index contributed by atoms with van der Waals surface area (Å²) in [6.45, 7) is 5.79. The van der Waals surface area contributed by atoms with Crippen LogP contribution in [0.5, 0.6) is 0 Å². The van der Waals surface area contributed by atoms with Gasteiger partial charge in [-0.15, -0.1) is 0 Å². The summed E-state index contributed by atoms with van der Waals surface area (Å²) in [4.78, 5) is 15.3. The van der Waals surface area contributed by atoms with E-state index in [-0.39, 0.29) is 24.6 Å². The Morgan fingerprint density at radius 2 is 1.96 bits per heavy atom. The maximum Gasteiger partial charge on any atom is 0.147 e. The van der Waals surface area contributed by atoms with E-state index < -0.39 is 0 Å². The Bertz CT molecular complexity index is 970. The molecule has 1 aromatic carbocycles. The van der Waals surface area contributed by atoms with Crippen molar-refractivity contribution in [2.75, 3.05) is 18.0 Å². The third-order valence-corrected chi connectivity index (χ3v) is 4.74. The number of halogens is 1. The average molecular weight is 367 g/mol. The molecule has 7 heteroatoms. The van der Waals surface area contributed by atoms with E-state index in [4.69, 9.17) is 10.5 Å². The van der Waals surface area contributed by atoms with Crippen LogP contribution in [0, 0.1) is 5.82 Å². The van der Waals surface area contributed by atoms with Gasteiger partial charge in [-0.1, -0.05) is 6.07 Å². The number of anilines is 1. The van der Waals surface area contributed by atoms with Crippen molar-refractivity contribution in [1.29, 1.82) is 0 Å². The SMILES string of the molecule is C[C@@H]1CN(c2cncc(-c3ccc4cnc(CN)cc4c3F)n2)C[C@H](C)O1. The summed E-state index contributed by atoms with van der Waals surface area (Å²) in [6, 6.07) is 5.25. The number of hydrogen-bond donors (Lipinski definition) is 1. The Kier molecular flexibility index (Phi) is 4.72. The van der Waals surface area contributed by atoms with Gasteiger partial charge in [-0.25, -0.2) is 9.37 Å². The van der Waals surface area contributed by atoms with Gasteiger partial charge in [-0.3, -0.25) is 9.97 Å². The highest BCUT2D eigenvalue weighted by atomic mass is 19.1. The molecule has 2 N–H and O–H groups in total. The number of rotatable bonds is 3. The zero-order chi connectivity index (χ0) is 19.0. The fourth-order valence-electron chi connectivity index (χ4n) is 3.54. The molecular formula is C20H22FN5O. The van der Waals surface area contributed by atoms with Crippen LogP contribution in [0.1, 0.15) is 19.5 Å². The molecule has 2 atom stereocenters. The minimum absolute atomic E-state index is 0.110. The summed E-state index contributed by atoms with van der Waals surface area (Å²) in [5.41, 5.74) is 7.21. The van der Waals surface area contributed by atoms with Gasteiger partial charge >= 0.3 is 0 Å². The van der Waals surface area contributed by atoms with Gasteiger partial charge < -0.3 is 15.4 Å².